The van der Waals surface area contributed by atoms with Gasteiger partial charge in [-0.1, -0.05) is 6.07 Å². The quantitative estimate of drug-likeness (QED) is 0.727. The van der Waals surface area contributed by atoms with Gasteiger partial charge >= 0.3 is 5.97 Å². The Bertz CT molecular complexity index is 1040. The van der Waals surface area contributed by atoms with Crippen molar-refractivity contribution in [1.29, 1.82) is 0 Å². The lowest BCUT2D eigenvalue weighted by molar-refractivity contribution is 0.0520. The van der Waals surface area contributed by atoms with Crippen molar-refractivity contribution in [2.75, 3.05) is 6.61 Å². The molecule has 2 aromatic heterocycles. The van der Waals surface area contributed by atoms with Gasteiger partial charge in [-0.2, -0.15) is 0 Å². The normalized spacial score (nSPS) is 10.9. The van der Waals surface area contributed by atoms with Crippen LogP contribution in [0.3, 0.4) is 0 Å². The molecule has 0 unspecified atom stereocenters. The van der Waals surface area contributed by atoms with Crippen LogP contribution < -0.4 is 5.56 Å². The molecule has 0 aliphatic heterocycles. The van der Waals surface area contributed by atoms with E-state index >= 15 is 0 Å². The number of esters is 1. The van der Waals surface area contributed by atoms with Gasteiger partial charge in [0.2, 0.25) is 0 Å². The number of carbonyl (C=O) groups excluding carboxylic acids is 1. The van der Waals surface area contributed by atoms with Gasteiger partial charge in [0.1, 0.15) is 17.4 Å². The second-order valence-electron chi connectivity index (χ2n) is 5.64. The first-order valence-corrected chi connectivity index (χ1v) is 7.89. The Morgan fingerprint density at radius 2 is 1.88 bits per heavy atom. The Balaban J connectivity index is 2.26. The van der Waals surface area contributed by atoms with Crippen molar-refractivity contribution in [2.24, 2.45) is 0 Å². The second-order valence-corrected chi connectivity index (χ2v) is 5.64. The van der Waals surface area contributed by atoms with Crippen molar-refractivity contribution >= 4 is 11.5 Å². The summed E-state index contributed by atoms with van der Waals surface area (Å²) in [5, 5.41) is 10.6. The summed E-state index contributed by atoms with van der Waals surface area (Å²) in [6, 6.07) is 7.79. The van der Waals surface area contributed by atoms with Crippen molar-refractivity contribution in [1.82, 2.24) is 4.40 Å². The highest BCUT2D eigenvalue weighted by Gasteiger charge is 2.24. The van der Waals surface area contributed by atoms with E-state index in [2.05, 4.69) is 0 Å². The predicted octanol–water partition coefficient (Wildman–Crippen LogP) is 3.05. The van der Waals surface area contributed by atoms with Crippen LogP contribution in [0.1, 0.15) is 28.4 Å². The fraction of sp³-hybridized carbons (Fsp3) is 0.158. The van der Waals surface area contributed by atoms with E-state index in [4.69, 9.17) is 4.74 Å². The highest BCUT2D eigenvalue weighted by molar-refractivity contribution is 5.93. The first-order valence-electron chi connectivity index (χ1n) is 7.89. The predicted molar refractivity (Wildman–Crippen MR) is 90.5 cm³/mol. The maximum absolute atomic E-state index is 13.5. The zero-order valence-electron chi connectivity index (χ0n) is 13.8. The number of rotatable bonds is 4. The highest BCUT2D eigenvalue weighted by Crippen LogP contribution is 2.28. The zero-order valence-corrected chi connectivity index (χ0v) is 13.8. The molecule has 0 radical (unpaired) electrons. The number of fused-ring (bicyclic) bond motifs is 1. The van der Waals surface area contributed by atoms with Crippen LogP contribution >= 0.6 is 0 Å². The first-order chi connectivity index (χ1) is 12.4. The van der Waals surface area contributed by atoms with Crippen molar-refractivity contribution in [3.05, 3.63) is 81.3 Å². The molecular weight excluding hydrogens is 344 g/mol. The number of benzene rings is 1. The molecule has 0 fully saturated rings. The standard InChI is InChI=1S/C19H15F2NO4/c1-2-26-19(25)16-17(23)14(9-11-7-12(20)10-13(21)8-11)15-5-3-4-6-22(15)18(16)24/h3-8,10,23H,2,9H2,1H3. The number of hydrogen-bond acceptors (Lipinski definition) is 4. The molecule has 3 rings (SSSR count). The average molecular weight is 359 g/mol. The van der Waals surface area contributed by atoms with E-state index in [1.807, 2.05) is 0 Å². The minimum absolute atomic E-state index is 0.0274. The van der Waals surface area contributed by atoms with Crippen molar-refractivity contribution < 1.29 is 23.4 Å². The number of ether oxygens (including phenoxy) is 1. The van der Waals surface area contributed by atoms with E-state index < -0.39 is 34.5 Å². The van der Waals surface area contributed by atoms with Crippen molar-refractivity contribution in [3.8, 4) is 5.75 Å². The Morgan fingerprint density at radius 3 is 2.54 bits per heavy atom. The van der Waals surface area contributed by atoms with Crippen LogP contribution in [0.15, 0.2) is 47.4 Å². The molecule has 3 aromatic rings. The molecule has 0 aliphatic rings. The molecule has 26 heavy (non-hydrogen) atoms. The lowest BCUT2D eigenvalue weighted by Gasteiger charge is -2.14. The molecular formula is C19H15F2NO4. The van der Waals surface area contributed by atoms with Crippen LogP contribution in [0, 0.1) is 11.6 Å². The monoisotopic (exact) mass is 359 g/mol. The summed E-state index contributed by atoms with van der Waals surface area (Å²) < 4.78 is 33.0. The second kappa shape index (κ2) is 6.95. The molecule has 0 amide bonds. The van der Waals surface area contributed by atoms with Gasteiger partial charge in [-0.15, -0.1) is 0 Å². The summed E-state index contributed by atoms with van der Waals surface area (Å²) in [6.07, 6.45) is 1.36. The smallest absolute Gasteiger partial charge is 0.347 e. The number of aromatic hydroxyl groups is 1. The SMILES string of the molecule is CCOC(=O)c1c(O)c(Cc2cc(F)cc(F)c2)c2ccccn2c1=O. The molecule has 0 atom stereocenters. The van der Waals surface area contributed by atoms with Gasteiger partial charge in [-0.3, -0.25) is 9.20 Å². The topological polar surface area (TPSA) is 68.0 Å². The summed E-state index contributed by atoms with van der Waals surface area (Å²) in [5.41, 5.74) is -0.476. The fourth-order valence-electron chi connectivity index (χ4n) is 2.84. The maximum atomic E-state index is 13.5. The summed E-state index contributed by atoms with van der Waals surface area (Å²) in [5.74, 6) is -3.03. The van der Waals surface area contributed by atoms with E-state index in [1.165, 1.54) is 10.6 Å². The van der Waals surface area contributed by atoms with Gasteiger partial charge in [0.05, 0.1) is 12.1 Å². The van der Waals surface area contributed by atoms with E-state index in [9.17, 15) is 23.5 Å². The number of aromatic nitrogens is 1. The largest absolute Gasteiger partial charge is 0.506 e. The third kappa shape index (κ3) is 3.15. The molecule has 5 nitrogen and oxygen atoms in total. The molecule has 0 spiro atoms. The third-order valence-electron chi connectivity index (χ3n) is 3.91. The minimum Gasteiger partial charge on any atom is -0.506 e. The number of carbonyl (C=O) groups is 1. The summed E-state index contributed by atoms with van der Waals surface area (Å²) in [7, 11) is 0. The summed E-state index contributed by atoms with van der Waals surface area (Å²) in [4.78, 5) is 24.7. The van der Waals surface area contributed by atoms with Crippen LogP contribution in [-0.4, -0.2) is 22.1 Å². The highest BCUT2D eigenvalue weighted by atomic mass is 19.1. The van der Waals surface area contributed by atoms with E-state index in [1.54, 1.807) is 25.1 Å². The Kier molecular flexibility index (Phi) is 4.71. The molecule has 1 aromatic carbocycles. The number of pyridine rings is 2. The van der Waals surface area contributed by atoms with Crippen LogP contribution in [0.25, 0.3) is 5.52 Å². The summed E-state index contributed by atoms with van der Waals surface area (Å²) >= 11 is 0. The molecule has 0 saturated carbocycles. The average Bonchev–Trinajstić information content (AvgIpc) is 2.58. The summed E-state index contributed by atoms with van der Waals surface area (Å²) in [6.45, 7) is 1.60. The number of halogens is 2. The Labute approximate surface area is 147 Å². The van der Waals surface area contributed by atoms with Crippen molar-refractivity contribution in [3.63, 3.8) is 0 Å². The molecule has 0 saturated heterocycles. The number of nitrogens with zero attached hydrogens (tertiary/aromatic N) is 1. The van der Waals surface area contributed by atoms with Crippen molar-refractivity contribution in [2.45, 2.75) is 13.3 Å². The fourth-order valence-corrected chi connectivity index (χ4v) is 2.84. The molecule has 2 heterocycles. The van der Waals surface area contributed by atoms with Crippen LogP contribution in [0.2, 0.25) is 0 Å². The molecule has 7 heteroatoms. The number of hydrogen-bond donors (Lipinski definition) is 1. The van der Waals surface area contributed by atoms with Gasteiger partial charge in [0, 0.05) is 24.2 Å². The van der Waals surface area contributed by atoms with Gasteiger partial charge in [0.15, 0.2) is 5.56 Å². The maximum Gasteiger partial charge on any atom is 0.347 e. The van der Waals surface area contributed by atoms with Crippen LogP contribution in [0.4, 0.5) is 8.78 Å². The minimum atomic E-state index is -0.958. The Morgan fingerprint density at radius 1 is 1.19 bits per heavy atom. The molecule has 0 bridgehead atoms. The molecule has 134 valence electrons. The third-order valence-corrected chi connectivity index (χ3v) is 3.91. The van der Waals surface area contributed by atoms with Crippen LogP contribution in [0.5, 0.6) is 5.75 Å². The molecule has 0 aliphatic carbocycles. The van der Waals surface area contributed by atoms with Gasteiger partial charge in [-0.05, 0) is 36.8 Å². The van der Waals surface area contributed by atoms with Crippen LogP contribution in [-0.2, 0) is 11.2 Å². The zero-order chi connectivity index (χ0) is 18.8. The van der Waals surface area contributed by atoms with Gasteiger partial charge < -0.3 is 9.84 Å². The van der Waals surface area contributed by atoms with Gasteiger partial charge in [-0.25, -0.2) is 13.6 Å². The lowest BCUT2D eigenvalue weighted by atomic mass is 10.0. The van der Waals surface area contributed by atoms with E-state index in [0.717, 1.165) is 18.2 Å². The molecule has 1 N–H and O–H groups in total. The van der Waals surface area contributed by atoms with Gasteiger partial charge in [0.25, 0.3) is 5.56 Å². The lowest BCUT2D eigenvalue weighted by Crippen LogP contribution is -2.25. The van der Waals surface area contributed by atoms with E-state index in [-0.39, 0.29) is 24.2 Å². The first kappa shape index (κ1) is 17.6. The Hall–Kier alpha value is -3.22. The van der Waals surface area contributed by atoms with E-state index in [0.29, 0.717) is 5.52 Å².